The molecule has 0 amide bonds. The monoisotopic (exact) mass is 784 g/mol. The van der Waals surface area contributed by atoms with Crippen LogP contribution in [0.2, 0.25) is 0 Å². The maximum absolute atomic E-state index is 16.1. The van der Waals surface area contributed by atoms with Crippen LogP contribution in [0.4, 0.5) is 0 Å². The van der Waals surface area contributed by atoms with E-state index in [2.05, 4.69) is 144 Å². The fraction of sp³-hybridized carbons (Fsp3) is 0.553. The molecule has 2 spiro atoms. The highest BCUT2D eigenvalue weighted by molar-refractivity contribution is 7.99. The van der Waals surface area contributed by atoms with E-state index in [-0.39, 0.29) is 43.2 Å². The summed E-state index contributed by atoms with van der Waals surface area (Å²) in [7, 11) is 0. The van der Waals surface area contributed by atoms with Crippen LogP contribution in [0.1, 0.15) is 144 Å². The van der Waals surface area contributed by atoms with Crippen molar-refractivity contribution in [2.75, 3.05) is 18.8 Å². The molecule has 7 heteroatoms. The van der Waals surface area contributed by atoms with Gasteiger partial charge in [-0.25, -0.2) is 0 Å². The van der Waals surface area contributed by atoms with Gasteiger partial charge in [0.2, 0.25) is 11.4 Å². The Labute approximate surface area is 337 Å². The second-order valence-corrected chi connectivity index (χ2v) is 23.0. The van der Waals surface area contributed by atoms with Crippen molar-refractivity contribution in [2.45, 2.75) is 139 Å². The van der Waals surface area contributed by atoms with E-state index in [4.69, 9.17) is 9.47 Å². The maximum Gasteiger partial charge on any atom is 0.227 e. The van der Waals surface area contributed by atoms with Gasteiger partial charge in [0, 0.05) is 29.5 Å². The van der Waals surface area contributed by atoms with Crippen molar-refractivity contribution >= 4 is 41.1 Å². The van der Waals surface area contributed by atoms with Crippen molar-refractivity contribution in [3.63, 3.8) is 0 Å². The van der Waals surface area contributed by atoms with Crippen LogP contribution < -0.4 is 9.47 Å². The van der Waals surface area contributed by atoms with Crippen LogP contribution in [0, 0.1) is 5.41 Å². The first-order valence-corrected chi connectivity index (χ1v) is 23.2. The summed E-state index contributed by atoms with van der Waals surface area (Å²) in [4.78, 5) is 16.1. The van der Waals surface area contributed by atoms with Gasteiger partial charge < -0.3 is 14.6 Å². The molecule has 0 saturated carbocycles. The van der Waals surface area contributed by atoms with Gasteiger partial charge in [0.15, 0.2) is 5.60 Å². The van der Waals surface area contributed by atoms with Crippen LogP contribution in [0.5, 0.6) is 17.2 Å². The van der Waals surface area contributed by atoms with E-state index in [9.17, 15) is 5.11 Å². The normalized spacial score (nSPS) is 26.2. The number of fused-ring (bicyclic) bond motifs is 2. The Balaban J connectivity index is 1.66. The van der Waals surface area contributed by atoms with Crippen LogP contribution in [0.15, 0.2) is 48.0 Å². The van der Waals surface area contributed by atoms with Crippen molar-refractivity contribution in [2.24, 2.45) is 5.41 Å². The zero-order valence-electron chi connectivity index (χ0n) is 35.1. The van der Waals surface area contributed by atoms with E-state index in [0.29, 0.717) is 18.6 Å². The first-order chi connectivity index (χ1) is 24.9. The van der Waals surface area contributed by atoms with Gasteiger partial charge in [-0.05, 0) is 85.5 Å². The number of rotatable bonds is 3. The summed E-state index contributed by atoms with van der Waals surface area (Å²) < 4.78 is 14.9. The summed E-state index contributed by atoms with van der Waals surface area (Å²) in [5.74, 6) is 1.88. The van der Waals surface area contributed by atoms with Gasteiger partial charge in [0.05, 0.1) is 15.7 Å². The lowest BCUT2D eigenvalue weighted by atomic mass is 9.65. The number of carbonyl (C=O) groups is 1. The van der Waals surface area contributed by atoms with Gasteiger partial charge in [-0.3, -0.25) is 4.79 Å². The molecule has 5 atom stereocenters. The first kappa shape index (κ1) is 39.7. The lowest BCUT2D eigenvalue weighted by Crippen LogP contribution is -2.66. The Hall–Kier alpha value is -2.48. The van der Waals surface area contributed by atoms with E-state index >= 15 is 4.79 Å². The standard InChI is InChI=1S/C47H60O4S3/c1-42(2,3)28-17-25-16-26-18-29(43(4,5)6)22-33-36(26)50-47(39(33)53-14)24-34(45(10,11)12)40(54-15)46(41(47)49)23-27-19-30(44(7,8)9)21-32(37(27)51-46)38(52-13)31(20-28)35(25)48/h17-22,24,38-40,48H,16,23H2,1-15H3/t38-,39-,40+,46-,47-/m1/s1. The number of ketones is 1. The van der Waals surface area contributed by atoms with Crippen molar-refractivity contribution in [3.8, 4) is 17.2 Å². The van der Waals surface area contributed by atoms with Gasteiger partial charge in [-0.2, -0.15) is 35.3 Å². The Kier molecular flexibility index (Phi) is 9.39. The molecular weight excluding hydrogens is 725 g/mol. The summed E-state index contributed by atoms with van der Waals surface area (Å²) in [6.45, 7) is 27.0. The predicted molar refractivity (Wildman–Crippen MR) is 232 cm³/mol. The maximum atomic E-state index is 16.1. The Morgan fingerprint density at radius 3 is 1.63 bits per heavy atom. The molecule has 0 saturated heterocycles. The minimum absolute atomic E-state index is 0.00904. The third-order valence-corrected chi connectivity index (χ3v) is 15.4. The molecule has 3 aromatic carbocycles. The molecule has 4 nitrogen and oxygen atoms in total. The summed E-state index contributed by atoms with van der Waals surface area (Å²) in [6.07, 6.45) is 9.51. The summed E-state index contributed by atoms with van der Waals surface area (Å²) >= 11 is 5.13. The Bertz CT molecular complexity index is 2090. The second-order valence-electron chi connectivity index (χ2n) is 20.2. The van der Waals surface area contributed by atoms with Crippen molar-refractivity contribution in [3.05, 3.63) is 98.1 Å². The highest BCUT2D eigenvalue weighted by Crippen LogP contribution is 2.62. The number of Topliss-reactive ketones (excluding diaryl/α,β-unsaturated/α-hetero) is 1. The largest absolute Gasteiger partial charge is 0.507 e. The van der Waals surface area contributed by atoms with Gasteiger partial charge in [0.25, 0.3) is 0 Å². The molecule has 7 rings (SSSR count). The third-order valence-electron chi connectivity index (χ3n) is 12.2. The molecule has 0 fully saturated rings. The number of benzene rings is 3. The van der Waals surface area contributed by atoms with Crippen LogP contribution in [0.3, 0.4) is 0 Å². The average Bonchev–Trinajstić information content (AvgIpc) is 3.60. The molecule has 1 N–H and O–H groups in total. The van der Waals surface area contributed by atoms with Crippen LogP contribution in [0.25, 0.3) is 0 Å². The first-order valence-electron chi connectivity index (χ1n) is 19.4. The Morgan fingerprint density at radius 1 is 0.611 bits per heavy atom. The smallest absolute Gasteiger partial charge is 0.227 e. The zero-order valence-corrected chi connectivity index (χ0v) is 37.5. The SMILES string of the molecule is CS[C@@H]1c2cc(C(C)(C)C)cc(c2O)Cc2cc(C(C)(C)C)cc3c2O[C@]2(C=C(C(C)(C)C)[C@H](SC)[C@]4(Cc5cc(C(C)(C)C)cc1c5O4)C2=O)[C@@H]3SC. The molecular formula is C47H60O4S3. The highest BCUT2D eigenvalue weighted by atomic mass is 32.2. The molecule has 3 heterocycles. The molecule has 290 valence electrons. The van der Waals surface area contributed by atoms with Crippen LogP contribution in [-0.4, -0.2) is 46.1 Å². The van der Waals surface area contributed by atoms with Crippen LogP contribution in [-0.2, 0) is 33.9 Å². The van der Waals surface area contributed by atoms with E-state index in [0.717, 1.165) is 44.9 Å². The molecule has 54 heavy (non-hydrogen) atoms. The average molecular weight is 785 g/mol. The minimum atomic E-state index is -1.28. The topological polar surface area (TPSA) is 55.8 Å². The molecule has 3 aliphatic heterocycles. The molecule has 0 radical (unpaired) electrons. The van der Waals surface area contributed by atoms with Gasteiger partial charge in [-0.1, -0.05) is 119 Å². The number of carbonyl (C=O) groups excluding carboxylic acids is 1. The fourth-order valence-corrected chi connectivity index (χ4v) is 12.3. The summed E-state index contributed by atoms with van der Waals surface area (Å²) in [6, 6.07) is 13.5. The number of aromatic hydroxyl groups is 1. The minimum Gasteiger partial charge on any atom is -0.507 e. The van der Waals surface area contributed by atoms with E-state index in [1.807, 2.05) is 0 Å². The van der Waals surface area contributed by atoms with Crippen molar-refractivity contribution in [1.82, 2.24) is 0 Å². The number of thioether (sulfide) groups is 3. The Morgan fingerprint density at radius 2 is 1.11 bits per heavy atom. The second kappa shape index (κ2) is 12.8. The van der Waals surface area contributed by atoms with Gasteiger partial charge >= 0.3 is 0 Å². The van der Waals surface area contributed by atoms with E-state index in [1.165, 1.54) is 22.3 Å². The molecule has 1 aliphatic carbocycles. The van der Waals surface area contributed by atoms with Crippen LogP contribution >= 0.6 is 35.3 Å². The quantitative estimate of drug-likeness (QED) is 0.265. The van der Waals surface area contributed by atoms with E-state index < -0.39 is 11.2 Å². The highest BCUT2D eigenvalue weighted by Gasteiger charge is 2.69. The molecule has 4 aliphatic rings. The summed E-state index contributed by atoms with van der Waals surface area (Å²) in [5.41, 5.74) is 7.43. The van der Waals surface area contributed by atoms with Gasteiger partial charge in [-0.15, -0.1) is 0 Å². The molecule has 6 bridgehead atoms. The lowest BCUT2D eigenvalue weighted by Gasteiger charge is -2.49. The number of hydrogen-bond acceptors (Lipinski definition) is 7. The number of phenols is 1. The van der Waals surface area contributed by atoms with E-state index in [1.54, 1.807) is 35.3 Å². The number of phenolic OH excluding ortho intramolecular Hbond substituents is 1. The zero-order chi connectivity index (χ0) is 39.7. The predicted octanol–water partition coefficient (Wildman–Crippen LogP) is 11.8. The molecule has 0 unspecified atom stereocenters. The summed E-state index contributed by atoms with van der Waals surface area (Å²) in [5, 5.41) is 11.8. The van der Waals surface area contributed by atoms with Crippen molar-refractivity contribution < 1.29 is 19.4 Å². The number of ether oxygens (including phenoxy) is 2. The van der Waals surface area contributed by atoms with Gasteiger partial charge in [0.1, 0.15) is 17.2 Å². The third kappa shape index (κ3) is 5.99. The number of hydrogen-bond donors (Lipinski definition) is 1. The fourth-order valence-electron chi connectivity index (χ4n) is 9.11. The lowest BCUT2D eigenvalue weighted by molar-refractivity contribution is -0.146. The van der Waals surface area contributed by atoms with Crippen molar-refractivity contribution in [1.29, 1.82) is 0 Å². The molecule has 3 aromatic rings. The molecule has 0 aromatic heterocycles.